The van der Waals surface area contributed by atoms with Crippen molar-refractivity contribution in [3.8, 4) is 0 Å². The van der Waals surface area contributed by atoms with E-state index in [9.17, 15) is 9.59 Å². The van der Waals surface area contributed by atoms with E-state index in [2.05, 4.69) is 9.88 Å². The molecular formula is C18H18N2O3. The third-order valence-corrected chi connectivity index (χ3v) is 4.21. The van der Waals surface area contributed by atoms with Gasteiger partial charge in [0.2, 0.25) is 0 Å². The topological polar surface area (TPSA) is 64.2 Å². The van der Waals surface area contributed by atoms with Gasteiger partial charge < -0.3 is 14.3 Å². The molecule has 1 amide bonds. The predicted molar refractivity (Wildman–Crippen MR) is 88.5 cm³/mol. The summed E-state index contributed by atoms with van der Waals surface area (Å²) >= 11 is 0. The number of benzene rings is 1. The predicted octanol–water partition coefficient (Wildman–Crippen LogP) is 2.68. The number of fused-ring (bicyclic) bond motifs is 1. The van der Waals surface area contributed by atoms with Crippen molar-refractivity contribution in [2.75, 3.05) is 0 Å². The largest absolute Gasteiger partial charge is 0.422 e. The minimum absolute atomic E-state index is 0.0222. The SMILES string of the molecule is Cc1cc(CNC(=O)c2cc3ccccc3oc2=O)c(C)n1C. The van der Waals surface area contributed by atoms with Crippen molar-refractivity contribution in [1.82, 2.24) is 9.88 Å². The summed E-state index contributed by atoms with van der Waals surface area (Å²) in [4.78, 5) is 24.3. The quantitative estimate of drug-likeness (QED) is 0.756. The Morgan fingerprint density at radius 3 is 2.65 bits per heavy atom. The van der Waals surface area contributed by atoms with Crippen LogP contribution >= 0.6 is 0 Å². The second-order valence-electron chi connectivity index (χ2n) is 5.62. The molecule has 0 saturated heterocycles. The molecule has 118 valence electrons. The highest BCUT2D eigenvalue weighted by Crippen LogP contribution is 2.14. The molecule has 3 aromatic rings. The number of hydrogen-bond donors (Lipinski definition) is 1. The summed E-state index contributed by atoms with van der Waals surface area (Å²) in [6, 6.07) is 10.7. The average Bonchev–Trinajstić information content (AvgIpc) is 2.79. The molecule has 5 heteroatoms. The molecule has 1 aromatic carbocycles. The lowest BCUT2D eigenvalue weighted by Crippen LogP contribution is -2.28. The van der Waals surface area contributed by atoms with Gasteiger partial charge in [-0.1, -0.05) is 18.2 Å². The fourth-order valence-corrected chi connectivity index (χ4v) is 2.60. The van der Waals surface area contributed by atoms with Crippen molar-refractivity contribution in [3.63, 3.8) is 0 Å². The number of aromatic nitrogens is 1. The summed E-state index contributed by atoms with van der Waals surface area (Å²) in [5.41, 5.74) is 3.12. The minimum Gasteiger partial charge on any atom is -0.422 e. The van der Waals surface area contributed by atoms with Gasteiger partial charge in [0.15, 0.2) is 0 Å². The van der Waals surface area contributed by atoms with Crippen LogP contribution in [-0.2, 0) is 13.6 Å². The molecule has 2 heterocycles. The Balaban J connectivity index is 1.84. The van der Waals surface area contributed by atoms with Gasteiger partial charge in [0, 0.05) is 30.4 Å². The summed E-state index contributed by atoms with van der Waals surface area (Å²) in [6.45, 7) is 4.38. The van der Waals surface area contributed by atoms with Crippen molar-refractivity contribution in [2.45, 2.75) is 20.4 Å². The Hall–Kier alpha value is -2.82. The van der Waals surface area contributed by atoms with Crippen molar-refractivity contribution in [2.24, 2.45) is 7.05 Å². The maximum Gasteiger partial charge on any atom is 0.349 e. The molecule has 1 N–H and O–H groups in total. The van der Waals surface area contributed by atoms with E-state index in [1.54, 1.807) is 24.3 Å². The van der Waals surface area contributed by atoms with Gasteiger partial charge in [-0.3, -0.25) is 4.79 Å². The first-order valence-electron chi connectivity index (χ1n) is 7.40. The second-order valence-corrected chi connectivity index (χ2v) is 5.62. The number of nitrogens with one attached hydrogen (secondary N) is 1. The number of para-hydroxylation sites is 1. The van der Waals surface area contributed by atoms with Crippen molar-refractivity contribution < 1.29 is 9.21 Å². The zero-order chi connectivity index (χ0) is 16.6. The fourth-order valence-electron chi connectivity index (χ4n) is 2.60. The van der Waals surface area contributed by atoms with Gasteiger partial charge in [-0.2, -0.15) is 0 Å². The third-order valence-electron chi connectivity index (χ3n) is 4.21. The van der Waals surface area contributed by atoms with Crippen LogP contribution in [0.5, 0.6) is 0 Å². The van der Waals surface area contributed by atoms with E-state index in [1.165, 1.54) is 0 Å². The average molecular weight is 310 g/mol. The number of aryl methyl sites for hydroxylation is 1. The van der Waals surface area contributed by atoms with Crippen LogP contribution in [0.25, 0.3) is 11.0 Å². The summed E-state index contributed by atoms with van der Waals surface area (Å²) in [6.07, 6.45) is 0. The number of hydrogen-bond acceptors (Lipinski definition) is 3. The summed E-state index contributed by atoms with van der Waals surface area (Å²) in [5.74, 6) is -0.426. The zero-order valence-corrected chi connectivity index (χ0v) is 13.3. The molecule has 0 fully saturated rings. The number of carbonyl (C=O) groups excluding carboxylic acids is 1. The molecule has 0 bridgehead atoms. The Labute approximate surface area is 133 Å². The first-order chi connectivity index (χ1) is 11.0. The molecule has 0 aliphatic rings. The van der Waals surface area contributed by atoms with E-state index in [0.29, 0.717) is 12.1 Å². The maximum atomic E-state index is 12.3. The van der Waals surface area contributed by atoms with Crippen molar-refractivity contribution in [3.05, 3.63) is 69.3 Å². The molecule has 0 aliphatic heterocycles. The maximum absolute atomic E-state index is 12.3. The molecule has 0 atom stereocenters. The van der Waals surface area contributed by atoms with Gasteiger partial charge in [-0.05, 0) is 37.6 Å². The molecule has 2 aromatic heterocycles. The first-order valence-corrected chi connectivity index (χ1v) is 7.40. The zero-order valence-electron chi connectivity index (χ0n) is 13.3. The first kappa shape index (κ1) is 15.1. The molecule has 0 aliphatic carbocycles. The van der Waals surface area contributed by atoms with Gasteiger partial charge in [-0.25, -0.2) is 4.79 Å². The lowest BCUT2D eigenvalue weighted by atomic mass is 10.1. The standard InChI is InChI=1S/C18H18N2O3/c1-11-8-14(12(2)20(11)3)10-19-17(21)15-9-13-6-4-5-7-16(13)23-18(15)22/h4-9H,10H2,1-3H3,(H,19,21). The monoisotopic (exact) mass is 310 g/mol. The summed E-state index contributed by atoms with van der Waals surface area (Å²) in [7, 11) is 1.98. The second kappa shape index (κ2) is 5.76. The molecule has 0 unspecified atom stereocenters. The Morgan fingerprint density at radius 1 is 1.22 bits per heavy atom. The van der Waals surface area contributed by atoms with Gasteiger partial charge in [0.25, 0.3) is 5.91 Å². The Morgan fingerprint density at radius 2 is 1.96 bits per heavy atom. The van der Waals surface area contributed by atoms with E-state index in [1.807, 2.05) is 33.0 Å². The molecule has 5 nitrogen and oxygen atoms in total. The smallest absolute Gasteiger partial charge is 0.349 e. The van der Waals surface area contributed by atoms with E-state index in [4.69, 9.17) is 4.42 Å². The third kappa shape index (κ3) is 2.77. The lowest BCUT2D eigenvalue weighted by molar-refractivity contribution is 0.0947. The van der Waals surface area contributed by atoms with Crippen LogP contribution in [0.2, 0.25) is 0 Å². The summed E-state index contributed by atoms with van der Waals surface area (Å²) < 4.78 is 7.25. The van der Waals surface area contributed by atoms with Crippen LogP contribution in [0.3, 0.4) is 0 Å². The van der Waals surface area contributed by atoms with E-state index >= 15 is 0 Å². The van der Waals surface area contributed by atoms with Crippen molar-refractivity contribution in [1.29, 1.82) is 0 Å². The number of amides is 1. The van der Waals surface area contributed by atoms with Crippen LogP contribution in [0.1, 0.15) is 27.3 Å². The molecule has 3 rings (SSSR count). The van der Waals surface area contributed by atoms with Crippen molar-refractivity contribution >= 4 is 16.9 Å². The van der Waals surface area contributed by atoms with Crippen LogP contribution in [0.4, 0.5) is 0 Å². The van der Waals surface area contributed by atoms with Crippen LogP contribution in [0, 0.1) is 13.8 Å². The van der Waals surface area contributed by atoms with Crippen LogP contribution < -0.4 is 10.9 Å². The number of nitrogens with zero attached hydrogens (tertiary/aromatic N) is 1. The van der Waals surface area contributed by atoms with E-state index < -0.39 is 11.5 Å². The Bertz CT molecular complexity index is 951. The molecule has 0 radical (unpaired) electrons. The normalized spacial score (nSPS) is 10.9. The lowest BCUT2D eigenvalue weighted by Gasteiger charge is -2.06. The molecular weight excluding hydrogens is 292 g/mol. The van der Waals surface area contributed by atoms with Gasteiger partial charge in [0.1, 0.15) is 11.1 Å². The Kier molecular flexibility index (Phi) is 3.78. The van der Waals surface area contributed by atoms with E-state index in [-0.39, 0.29) is 5.56 Å². The minimum atomic E-state index is -0.623. The molecule has 23 heavy (non-hydrogen) atoms. The highest BCUT2D eigenvalue weighted by atomic mass is 16.4. The van der Waals surface area contributed by atoms with Gasteiger partial charge in [0.05, 0.1) is 0 Å². The molecule has 0 spiro atoms. The fraction of sp³-hybridized carbons (Fsp3) is 0.222. The highest BCUT2D eigenvalue weighted by Gasteiger charge is 2.14. The van der Waals surface area contributed by atoms with E-state index in [0.717, 1.165) is 22.3 Å². The molecule has 0 saturated carbocycles. The van der Waals surface area contributed by atoms with Gasteiger partial charge in [-0.15, -0.1) is 0 Å². The highest BCUT2D eigenvalue weighted by molar-refractivity contribution is 5.96. The van der Waals surface area contributed by atoms with Crippen LogP contribution in [0.15, 0.2) is 45.6 Å². The van der Waals surface area contributed by atoms with Gasteiger partial charge >= 0.3 is 5.63 Å². The summed E-state index contributed by atoms with van der Waals surface area (Å²) in [5, 5.41) is 3.52. The number of carbonyl (C=O) groups is 1. The number of rotatable bonds is 3. The van der Waals surface area contributed by atoms with Crippen LogP contribution in [-0.4, -0.2) is 10.5 Å².